The second-order valence-electron chi connectivity index (χ2n) is 4.74. The van der Waals surface area contributed by atoms with Crippen LogP contribution >= 0.6 is 0 Å². The number of Topliss-reactive ketones (excluding diaryl/α,β-unsaturated/α-hetero) is 1. The van der Waals surface area contributed by atoms with Gasteiger partial charge in [0.1, 0.15) is 0 Å². The van der Waals surface area contributed by atoms with Crippen molar-refractivity contribution in [3.63, 3.8) is 0 Å². The van der Waals surface area contributed by atoms with Crippen LogP contribution in [-0.2, 0) is 6.42 Å². The fourth-order valence-electron chi connectivity index (χ4n) is 2.05. The second kappa shape index (κ2) is 6.19. The largest absolute Gasteiger partial charge is 0.385 e. The molecule has 0 amide bonds. The van der Waals surface area contributed by atoms with Crippen LogP contribution in [-0.4, -0.2) is 12.3 Å². The van der Waals surface area contributed by atoms with Gasteiger partial charge in [0, 0.05) is 17.8 Å². The number of nitrogens with one attached hydrogen (secondary N) is 1. The molecule has 0 fully saturated rings. The van der Waals surface area contributed by atoms with E-state index in [0.29, 0.717) is 0 Å². The second-order valence-corrected chi connectivity index (χ2v) is 4.74. The maximum absolute atomic E-state index is 11.2. The molecule has 0 aliphatic carbocycles. The highest BCUT2D eigenvalue weighted by atomic mass is 16.1. The molecule has 0 spiro atoms. The van der Waals surface area contributed by atoms with E-state index in [2.05, 4.69) is 36.5 Å². The van der Waals surface area contributed by atoms with Gasteiger partial charge in [0.25, 0.3) is 0 Å². The van der Waals surface area contributed by atoms with Gasteiger partial charge in [-0.3, -0.25) is 4.79 Å². The molecule has 0 saturated heterocycles. The summed E-state index contributed by atoms with van der Waals surface area (Å²) in [5.74, 6) is 0.103. The van der Waals surface area contributed by atoms with E-state index in [4.69, 9.17) is 0 Å². The van der Waals surface area contributed by atoms with E-state index >= 15 is 0 Å². The summed E-state index contributed by atoms with van der Waals surface area (Å²) in [6.45, 7) is 4.61. The van der Waals surface area contributed by atoms with Crippen LogP contribution in [0.5, 0.6) is 0 Å². The molecule has 2 rings (SSSR count). The lowest BCUT2D eigenvalue weighted by molar-refractivity contribution is 0.101. The zero-order chi connectivity index (χ0) is 13.7. The molecule has 0 atom stereocenters. The van der Waals surface area contributed by atoms with E-state index in [9.17, 15) is 4.79 Å². The quantitative estimate of drug-likeness (QED) is 0.820. The summed E-state index contributed by atoms with van der Waals surface area (Å²) in [6.07, 6.45) is 1.00. The molecule has 0 aromatic heterocycles. The van der Waals surface area contributed by atoms with E-state index in [1.54, 1.807) is 6.92 Å². The van der Waals surface area contributed by atoms with Gasteiger partial charge >= 0.3 is 0 Å². The van der Waals surface area contributed by atoms with E-state index in [0.717, 1.165) is 24.2 Å². The van der Waals surface area contributed by atoms with E-state index in [1.807, 2.05) is 24.3 Å². The molecule has 0 radical (unpaired) electrons. The van der Waals surface area contributed by atoms with Gasteiger partial charge in [-0.1, -0.05) is 24.3 Å². The number of ketones is 1. The van der Waals surface area contributed by atoms with Gasteiger partial charge in [-0.25, -0.2) is 0 Å². The van der Waals surface area contributed by atoms with Crippen LogP contribution in [0.3, 0.4) is 0 Å². The Labute approximate surface area is 114 Å². The fraction of sp³-hybridized carbons (Fsp3) is 0.235. The highest BCUT2D eigenvalue weighted by Gasteiger charge is 1.99. The molecule has 98 valence electrons. The van der Waals surface area contributed by atoms with Crippen molar-refractivity contribution in [1.29, 1.82) is 0 Å². The van der Waals surface area contributed by atoms with Crippen molar-refractivity contribution in [3.8, 4) is 0 Å². The molecule has 0 heterocycles. The fourth-order valence-corrected chi connectivity index (χ4v) is 2.05. The third-order valence-corrected chi connectivity index (χ3v) is 3.28. The average molecular weight is 253 g/mol. The number of rotatable bonds is 5. The Kier molecular flexibility index (Phi) is 4.35. The first-order valence-electron chi connectivity index (χ1n) is 6.56. The van der Waals surface area contributed by atoms with Crippen LogP contribution in [0.15, 0.2) is 48.5 Å². The molecule has 2 aromatic carbocycles. The third kappa shape index (κ3) is 3.68. The van der Waals surface area contributed by atoms with Gasteiger partial charge < -0.3 is 5.32 Å². The number of hydrogen-bond donors (Lipinski definition) is 1. The molecule has 0 aliphatic rings. The van der Waals surface area contributed by atoms with Crippen LogP contribution in [0, 0.1) is 6.92 Å². The van der Waals surface area contributed by atoms with E-state index in [-0.39, 0.29) is 5.78 Å². The summed E-state index contributed by atoms with van der Waals surface area (Å²) in [6, 6.07) is 16.1. The molecule has 19 heavy (non-hydrogen) atoms. The lowest BCUT2D eigenvalue weighted by atomic mass is 10.1. The number of carbonyl (C=O) groups is 1. The number of hydrogen-bond acceptors (Lipinski definition) is 2. The van der Waals surface area contributed by atoms with Crippen molar-refractivity contribution >= 4 is 11.5 Å². The lowest BCUT2D eigenvalue weighted by Gasteiger charge is -2.08. The zero-order valence-corrected chi connectivity index (χ0v) is 11.4. The molecule has 0 saturated carbocycles. The monoisotopic (exact) mass is 253 g/mol. The Morgan fingerprint density at radius 2 is 1.74 bits per heavy atom. The first kappa shape index (κ1) is 13.3. The SMILES string of the molecule is CC(=O)c1ccc(NCCc2ccccc2C)cc1. The Bertz CT molecular complexity index is 558. The van der Waals surface area contributed by atoms with Gasteiger partial charge in [-0.05, 0) is 55.7 Å². The first-order valence-corrected chi connectivity index (χ1v) is 6.56. The van der Waals surface area contributed by atoms with Gasteiger partial charge in [0.2, 0.25) is 0 Å². The Balaban J connectivity index is 1.89. The van der Waals surface area contributed by atoms with Crippen molar-refractivity contribution < 1.29 is 4.79 Å². The Hall–Kier alpha value is -2.09. The molecule has 1 N–H and O–H groups in total. The molecular formula is C17H19NO. The van der Waals surface area contributed by atoms with Gasteiger partial charge in [-0.2, -0.15) is 0 Å². The average Bonchev–Trinajstić information content (AvgIpc) is 2.41. The Morgan fingerprint density at radius 1 is 1.05 bits per heavy atom. The smallest absolute Gasteiger partial charge is 0.159 e. The predicted molar refractivity (Wildman–Crippen MR) is 79.8 cm³/mol. The summed E-state index contributed by atoms with van der Waals surface area (Å²) in [7, 11) is 0. The van der Waals surface area contributed by atoms with Crippen molar-refractivity contribution in [2.75, 3.05) is 11.9 Å². The summed E-state index contributed by atoms with van der Waals surface area (Å²) in [5, 5.41) is 3.38. The summed E-state index contributed by atoms with van der Waals surface area (Å²) < 4.78 is 0. The van der Waals surface area contributed by atoms with Gasteiger partial charge in [-0.15, -0.1) is 0 Å². The van der Waals surface area contributed by atoms with E-state index in [1.165, 1.54) is 11.1 Å². The third-order valence-electron chi connectivity index (χ3n) is 3.28. The molecule has 2 aromatic rings. The first-order chi connectivity index (χ1) is 9.16. The van der Waals surface area contributed by atoms with Crippen molar-refractivity contribution in [3.05, 3.63) is 65.2 Å². The number of anilines is 1. The predicted octanol–water partition coefficient (Wildman–Crippen LogP) is 3.85. The van der Waals surface area contributed by atoms with Crippen LogP contribution in [0.1, 0.15) is 28.4 Å². The normalized spacial score (nSPS) is 10.2. The molecule has 2 nitrogen and oxygen atoms in total. The van der Waals surface area contributed by atoms with Crippen LogP contribution < -0.4 is 5.32 Å². The van der Waals surface area contributed by atoms with Crippen LogP contribution in [0.2, 0.25) is 0 Å². The van der Waals surface area contributed by atoms with Crippen LogP contribution in [0.4, 0.5) is 5.69 Å². The van der Waals surface area contributed by atoms with Crippen molar-refractivity contribution in [2.24, 2.45) is 0 Å². The zero-order valence-electron chi connectivity index (χ0n) is 11.4. The maximum atomic E-state index is 11.2. The minimum atomic E-state index is 0.103. The van der Waals surface area contributed by atoms with Crippen molar-refractivity contribution in [2.45, 2.75) is 20.3 Å². The van der Waals surface area contributed by atoms with Gasteiger partial charge in [0.15, 0.2) is 5.78 Å². The minimum absolute atomic E-state index is 0.103. The number of carbonyl (C=O) groups excluding carboxylic acids is 1. The molecule has 0 bridgehead atoms. The minimum Gasteiger partial charge on any atom is -0.385 e. The molecular weight excluding hydrogens is 234 g/mol. The van der Waals surface area contributed by atoms with E-state index < -0.39 is 0 Å². The number of benzene rings is 2. The van der Waals surface area contributed by atoms with Crippen LogP contribution in [0.25, 0.3) is 0 Å². The highest BCUT2D eigenvalue weighted by Crippen LogP contribution is 2.11. The topological polar surface area (TPSA) is 29.1 Å². The summed E-state index contributed by atoms with van der Waals surface area (Å²) in [4.78, 5) is 11.2. The Morgan fingerprint density at radius 3 is 2.37 bits per heavy atom. The molecule has 0 unspecified atom stereocenters. The van der Waals surface area contributed by atoms with Crippen molar-refractivity contribution in [1.82, 2.24) is 0 Å². The molecule has 0 aliphatic heterocycles. The maximum Gasteiger partial charge on any atom is 0.159 e. The standard InChI is InChI=1S/C17H19NO/c1-13-5-3-4-6-15(13)11-12-18-17-9-7-16(8-10-17)14(2)19/h3-10,18H,11-12H2,1-2H3. The van der Waals surface area contributed by atoms with Gasteiger partial charge in [0.05, 0.1) is 0 Å². The summed E-state index contributed by atoms with van der Waals surface area (Å²) in [5.41, 5.74) is 4.51. The number of aryl methyl sites for hydroxylation is 1. The summed E-state index contributed by atoms with van der Waals surface area (Å²) >= 11 is 0. The lowest BCUT2D eigenvalue weighted by Crippen LogP contribution is -2.06. The molecule has 2 heteroatoms. The highest BCUT2D eigenvalue weighted by molar-refractivity contribution is 5.94.